The summed E-state index contributed by atoms with van der Waals surface area (Å²) < 4.78 is 5.57. The Morgan fingerprint density at radius 1 is 1.42 bits per heavy atom. The first-order chi connectivity index (χ1) is 9.19. The second-order valence-electron chi connectivity index (χ2n) is 4.65. The number of ether oxygens (including phenoxy) is 1. The molecule has 1 atom stereocenters. The molecule has 7 heteroatoms. The van der Waals surface area contributed by atoms with Crippen LogP contribution in [0.2, 0.25) is 5.28 Å². The summed E-state index contributed by atoms with van der Waals surface area (Å²) in [4.78, 5) is 14.5. The average molecular weight is 286 g/mol. The van der Waals surface area contributed by atoms with E-state index >= 15 is 0 Å². The summed E-state index contributed by atoms with van der Waals surface area (Å²) in [6.07, 6.45) is 3.49. The molecule has 0 aromatic carbocycles. The molecule has 1 fully saturated rings. The van der Waals surface area contributed by atoms with Crippen molar-refractivity contribution < 1.29 is 4.74 Å². The molecule has 1 N–H and O–H groups in total. The third-order valence-corrected chi connectivity index (χ3v) is 3.45. The lowest BCUT2D eigenvalue weighted by Gasteiger charge is -2.18. The van der Waals surface area contributed by atoms with Crippen molar-refractivity contribution in [3.05, 3.63) is 5.28 Å². The number of likely N-dealkylation sites (tertiary alicyclic amines) is 1. The van der Waals surface area contributed by atoms with E-state index in [0.29, 0.717) is 18.6 Å². The van der Waals surface area contributed by atoms with Crippen molar-refractivity contribution in [2.75, 3.05) is 32.1 Å². The number of hydrogen-bond donors (Lipinski definition) is 1. The normalized spacial score (nSPS) is 19.6. The molecule has 1 aliphatic rings. The molecule has 1 aromatic heterocycles. The van der Waals surface area contributed by atoms with Gasteiger partial charge in [-0.2, -0.15) is 15.0 Å². The van der Waals surface area contributed by atoms with Crippen LogP contribution in [-0.4, -0.2) is 52.6 Å². The van der Waals surface area contributed by atoms with Crippen molar-refractivity contribution in [2.24, 2.45) is 0 Å². The molecule has 1 aliphatic heterocycles. The molecule has 2 heterocycles. The van der Waals surface area contributed by atoms with Gasteiger partial charge in [-0.15, -0.1) is 0 Å². The number of anilines is 1. The van der Waals surface area contributed by atoms with Gasteiger partial charge in [0, 0.05) is 12.6 Å². The highest BCUT2D eigenvalue weighted by Gasteiger charge is 2.20. The van der Waals surface area contributed by atoms with Crippen LogP contribution in [-0.2, 0) is 0 Å². The molecule has 2 rings (SSSR count). The molecule has 0 aliphatic carbocycles. The van der Waals surface area contributed by atoms with Crippen molar-refractivity contribution in [3.8, 4) is 6.01 Å². The lowest BCUT2D eigenvalue weighted by Crippen LogP contribution is -2.26. The van der Waals surface area contributed by atoms with E-state index < -0.39 is 0 Å². The Morgan fingerprint density at radius 2 is 2.26 bits per heavy atom. The molecule has 0 saturated carbocycles. The quantitative estimate of drug-likeness (QED) is 0.860. The van der Waals surface area contributed by atoms with Gasteiger partial charge in [-0.05, 0) is 51.4 Å². The molecular weight excluding hydrogens is 266 g/mol. The Kier molecular flexibility index (Phi) is 5.15. The van der Waals surface area contributed by atoms with Crippen molar-refractivity contribution in [1.29, 1.82) is 0 Å². The summed E-state index contributed by atoms with van der Waals surface area (Å²) >= 11 is 5.82. The molecule has 0 radical (unpaired) electrons. The minimum Gasteiger partial charge on any atom is -0.463 e. The number of aromatic nitrogens is 3. The van der Waals surface area contributed by atoms with Crippen LogP contribution in [0.5, 0.6) is 6.01 Å². The molecule has 1 saturated heterocycles. The van der Waals surface area contributed by atoms with Crippen LogP contribution in [0.1, 0.15) is 26.2 Å². The first-order valence-corrected chi connectivity index (χ1v) is 7.05. The Bertz CT molecular complexity index is 417. The van der Waals surface area contributed by atoms with E-state index in [1.807, 2.05) is 6.92 Å². The van der Waals surface area contributed by atoms with Gasteiger partial charge in [-0.25, -0.2) is 0 Å². The maximum absolute atomic E-state index is 5.82. The largest absolute Gasteiger partial charge is 0.463 e. The fourth-order valence-electron chi connectivity index (χ4n) is 2.26. The predicted octanol–water partition coefficient (Wildman–Crippen LogP) is 1.82. The Hall–Kier alpha value is -1.14. The van der Waals surface area contributed by atoms with Gasteiger partial charge in [-0.1, -0.05) is 0 Å². The predicted molar refractivity (Wildman–Crippen MR) is 74.8 cm³/mol. The second-order valence-corrected chi connectivity index (χ2v) is 4.99. The summed E-state index contributed by atoms with van der Waals surface area (Å²) in [5, 5.41) is 3.14. The summed E-state index contributed by atoms with van der Waals surface area (Å²) in [5.74, 6) is 0.454. The molecule has 0 amide bonds. The molecular formula is C12H20ClN5O. The van der Waals surface area contributed by atoms with Gasteiger partial charge in [0.25, 0.3) is 0 Å². The first kappa shape index (κ1) is 14.3. The van der Waals surface area contributed by atoms with Gasteiger partial charge < -0.3 is 15.0 Å². The fraction of sp³-hybridized carbons (Fsp3) is 0.750. The van der Waals surface area contributed by atoms with Crippen LogP contribution in [0.3, 0.4) is 0 Å². The van der Waals surface area contributed by atoms with E-state index in [9.17, 15) is 0 Å². The van der Waals surface area contributed by atoms with E-state index in [4.69, 9.17) is 16.3 Å². The Balaban J connectivity index is 1.84. The van der Waals surface area contributed by atoms with Crippen LogP contribution in [0.4, 0.5) is 5.95 Å². The Morgan fingerprint density at radius 3 is 2.95 bits per heavy atom. The monoisotopic (exact) mass is 285 g/mol. The highest BCUT2D eigenvalue weighted by molar-refractivity contribution is 6.28. The van der Waals surface area contributed by atoms with E-state index in [0.717, 1.165) is 13.0 Å². The number of hydrogen-bond acceptors (Lipinski definition) is 6. The summed E-state index contributed by atoms with van der Waals surface area (Å²) in [6, 6.07) is 0.891. The molecule has 6 nitrogen and oxygen atoms in total. The van der Waals surface area contributed by atoms with E-state index in [1.165, 1.54) is 19.4 Å². The summed E-state index contributed by atoms with van der Waals surface area (Å²) in [7, 11) is 2.15. The minimum absolute atomic E-state index is 0.152. The topological polar surface area (TPSA) is 63.2 Å². The lowest BCUT2D eigenvalue weighted by atomic mass is 10.2. The average Bonchev–Trinajstić information content (AvgIpc) is 2.75. The number of nitrogens with one attached hydrogen (secondary N) is 1. The van der Waals surface area contributed by atoms with Crippen LogP contribution >= 0.6 is 11.6 Å². The van der Waals surface area contributed by atoms with Crippen LogP contribution < -0.4 is 10.1 Å². The number of nitrogens with zero attached hydrogens (tertiary/aromatic N) is 4. The lowest BCUT2D eigenvalue weighted by molar-refractivity contribution is 0.223. The van der Waals surface area contributed by atoms with Gasteiger partial charge in [0.15, 0.2) is 0 Å². The van der Waals surface area contributed by atoms with Gasteiger partial charge in [0.05, 0.1) is 6.61 Å². The van der Waals surface area contributed by atoms with Gasteiger partial charge in [-0.3, -0.25) is 0 Å². The van der Waals surface area contributed by atoms with Gasteiger partial charge in [0.1, 0.15) is 0 Å². The van der Waals surface area contributed by atoms with Crippen LogP contribution in [0, 0.1) is 0 Å². The molecule has 19 heavy (non-hydrogen) atoms. The molecule has 106 valence electrons. The maximum atomic E-state index is 5.82. The minimum atomic E-state index is 0.152. The summed E-state index contributed by atoms with van der Waals surface area (Å²) in [6.45, 7) is 4.47. The zero-order valence-electron chi connectivity index (χ0n) is 11.4. The number of halogens is 1. The standard InChI is InChI=1S/C12H20ClN5O/c1-3-14-11-15-10(13)16-12(17-11)19-8-6-9-5-4-7-18(9)2/h9H,3-8H2,1-2H3,(H,14,15,16,17). The zero-order valence-corrected chi connectivity index (χ0v) is 12.2. The third kappa shape index (κ3) is 4.18. The SMILES string of the molecule is CCNc1nc(Cl)nc(OCCC2CCCN2C)n1. The van der Waals surface area contributed by atoms with E-state index in [-0.39, 0.29) is 11.3 Å². The molecule has 0 bridgehead atoms. The zero-order chi connectivity index (χ0) is 13.7. The first-order valence-electron chi connectivity index (χ1n) is 6.67. The van der Waals surface area contributed by atoms with Crippen molar-refractivity contribution in [1.82, 2.24) is 19.9 Å². The third-order valence-electron chi connectivity index (χ3n) is 3.28. The van der Waals surface area contributed by atoms with Crippen LogP contribution in [0.15, 0.2) is 0 Å². The fourth-order valence-corrected chi connectivity index (χ4v) is 2.42. The second kappa shape index (κ2) is 6.86. The maximum Gasteiger partial charge on any atom is 0.322 e. The number of rotatable bonds is 6. The van der Waals surface area contributed by atoms with E-state index in [1.54, 1.807) is 0 Å². The van der Waals surface area contributed by atoms with Gasteiger partial charge >= 0.3 is 6.01 Å². The van der Waals surface area contributed by atoms with E-state index in [2.05, 4.69) is 32.2 Å². The Labute approximate surface area is 118 Å². The van der Waals surface area contributed by atoms with Crippen molar-refractivity contribution in [2.45, 2.75) is 32.2 Å². The highest BCUT2D eigenvalue weighted by atomic mass is 35.5. The van der Waals surface area contributed by atoms with Crippen molar-refractivity contribution in [3.63, 3.8) is 0 Å². The summed E-state index contributed by atoms with van der Waals surface area (Å²) in [5.41, 5.74) is 0. The van der Waals surface area contributed by atoms with Crippen LogP contribution in [0.25, 0.3) is 0 Å². The highest BCUT2D eigenvalue weighted by Crippen LogP contribution is 2.18. The smallest absolute Gasteiger partial charge is 0.322 e. The molecule has 1 aromatic rings. The molecule has 0 spiro atoms. The molecule has 1 unspecified atom stereocenters. The van der Waals surface area contributed by atoms with Gasteiger partial charge in [0.2, 0.25) is 11.2 Å². The van der Waals surface area contributed by atoms with Crippen molar-refractivity contribution >= 4 is 17.5 Å².